The molecule has 5 nitrogen and oxygen atoms in total. The van der Waals surface area contributed by atoms with Crippen molar-refractivity contribution < 1.29 is 14.7 Å². The fraction of sp³-hybridized carbons (Fsp3) is 0.533. The van der Waals surface area contributed by atoms with Gasteiger partial charge in [0.05, 0.1) is 5.41 Å². The van der Waals surface area contributed by atoms with Crippen LogP contribution in [0.25, 0.3) is 0 Å². The molecule has 0 unspecified atom stereocenters. The zero-order chi connectivity index (χ0) is 16.4. The van der Waals surface area contributed by atoms with Gasteiger partial charge < -0.3 is 10.4 Å². The normalized spacial score (nSPS) is 12.1. The molecular formula is C15H21ClN2O3. The number of hydrogen-bond acceptors (Lipinski definition) is 3. The molecule has 0 radical (unpaired) electrons. The maximum absolute atomic E-state index is 12.2. The molecule has 0 saturated carbocycles. The molecule has 1 amide bonds. The Bertz CT molecular complexity index is 563. The fourth-order valence-corrected chi connectivity index (χ4v) is 1.70. The number of nitrogens with one attached hydrogen (secondary N) is 1. The summed E-state index contributed by atoms with van der Waals surface area (Å²) in [5.41, 5.74) is -0.182. The number of aliphatic carboxylic acids is 1. The standard InChI is InChI=1S/C15H21ClN2O3/c1-14(2,3)10-6-9(7-11(16)18-10)12(19)17-8-15(4,5)13(20)21/h6-7H,8H2,1-5H3,(H,17,19)(H,20,21). The number of carbonyl (C=O) groups excluding carboxylic acids is 1. The van der Waals surface area contributed by atoms with E-state index in [2.05, 4.69) is 10.3 Å². The molecule has 0 saturated heterocycles. The number of rotatable bonds is 4. The van der Waals surface area contributed by atoms with Crippen LogP contribution in [0.15, 0.2) is 12.1 Å². The van der Waals surface area contributed by atoms with Crippen LogP contribution in [0.3, 0.4) is 0 Å². The van der Waals surface area contributed by atoms with E-state index in [1.54, 1.807) is 19.9 Å². The number of carboxylic acids is 1. The van der Waals surface area contributed by atoms with Gasteiger partial charge in [0.2, 0.25) is 0 Å². The predicted octanol–water partition coefficient (Wildman–Crippen LogP) is 2.87. The van der Waals surface area contributed by atoms with Crippen LogP contribution in [0.5, 0.6) is 0 Å². The minimum Gasteiger partial charge on any atom is -0.481 e. The van der Waals surface area contributed by atoms with Gasteiger partial charge in [0.15, 0.2) is 0 Å². The Morgan fingerprint density at radius 2 is 1.81 bits per heavy atom. The fourth-order valence-electron chi connectivity index (χ4n) is 1.49. The first-order valence-corrected chi connectivity index (χ1v) is 7.01. The van der Waals surface area contributed by atoms with E-state index in [0.717, 1.165) is 0 Å². The van der Waals surface area contributed by atoms with E-state index >= 15 is 0 Å². The highest BCUT2D eigenvalue weighted by Crippen LogP contribution is 2.23. The van der Waals surface area contributed by atoms with Gasteiger partial charge in [-0.3, -0.25) is 9.59 Å². The minimum atomic E-state index is -1.03. The van der Waals surface area contributed by atoms with Crippen molar-refractivity contribution in [1.82, 2.24) is 10.3 Å². The summed E-state index contributed by atoms with van der Waals surface area (Å²) in [6.45, 7) is 9.06. The van der Waals surface area contributed by atoms with Gasteiger partial charge in [-0.1, -0.05) is 32.4 Å². The SMILES string of the molecule is CC(C)(CNC(=O)c1cc(Cl)nc(C(C)(C)C)c1)C(=O)O. The van der Waals surface area contributed by atoms with Crippen molar-refractivity contribution in [1.29, 1.82) is 0 Å². The molecule has 2 N–H and O–H groups in total. The highest BCUT2D eigenvalue weighted by Gasteiger charge is 2.28. The third-order valence-electron chi connectivity index (χ3n) is 3.09. The molecule has 1 aromatic heterocycles. The van der Waals surface area contributed by atoms with Crippen molar-refractivity contribution in [2.75, 3.05) is 6.54 Å². The number of hydrogen-bond donors (Lipinski definition) is 2. The van der Waals surface area contributed by atoms with Crippen molar-refractivity contribution in [3.05, 3.63) is 28.5 Å². The molecule has 116 valence electrons. The monoisotopic (exact) mass is 312 g/mol. The zero-order valence-corrected chi connectivity index (χ0v) is 13.7. The summed E-state index contributed by atoms with van der Waals surface area (Å²) in [5, 5.41) is 11.9. The van der Waals surface area contributed by atoms with Crippen LogP contribution in [0.4, 0.5) is 0 Å². The number of pyridine rings is 1. The average molecular weight is 313 g/mol. The van der Waals surface area contributed by atoms with Crippen LogP contribution < -0.4 is 5.32 Å². The zero-order valence-electron chi connectivity index (χ0n) is 13.0. The quantitative estimate of drug-likeness (QED) is 0.838. The van der Waals surface area contributed by atoms with Gasteiger partial charge in [0.25, 0.3) is 5.91 Å². The summed E-state index contributed by atoms with van der Waals surface area (Å²) in [7, 11) is 0. The van der Waals surface area contributed by atoms with Crippen molar-refractivity contribution in [3.8, 4) is 0 Å². The largest absolute Gasteiger partial charge is 0.481 e. The number of amides is 1. The highest BCUT2D eigenvalue weighted by molar-refractivity contribution is 6.29. The Balaban J connectivity index is 2.94. The Kier molecular flexibility index (Phi) is 4.99. The van der Waals surface area contributed by atoms with Gasteiger partial charge in [-0.2, -0.15) is 0 Å². The van der Waals surface area contributed by atoms with E-state index in [1.807, 2.05) is 20.8 Å². The number of halogens is 1. The molecule has 0 fully saturated rings. The molecule has 0 aliphatic heterocycles. The van der Waals surface area contributed by atoms with Gasteiger partial charge in [0, 0.05) is 23.2 Å². The Morgan fingerprint density at radius 1 is 1.24 bits per heavy atom. The highest BCUT2D eigenvalue weighted by atomic mass is 35.5. The second-order valence-electron chi connectivity index (χ2n) is 6.69. The van der Waals surface area contributed by atoms with Crippen molar-refractivity contribution in [2.24, 2.45) is 5.41 Å². The number of aromatic nitrogens is 1. The molecule has 1 aromatic rings. The molecular weight excluding hydrogens is 292 g/mol. The van der Waals surface area contributed by atoms with Gasteiger partial charge in [-0.05, 0) is 26.0 Å². The van der Waals surface area contributed by atoms with Crippen molar-refractivity contribution >= 4 is 23.5 Å². The van der Waals surface area contributed by atoms with Gasteiger partial charge in [-0.25, -0.2) is 4.98 Å². The molecule has 6 heteroatoms. The molecule has 0 bridgehead atoms. The Morgan fingerprint density at radius 3 is 2.29 bits per heavy atom. The van der Waals surface area contributed by atoms with Crippen LogP contribution in [0.1, 0.15) is 50.7 Å². The summed E-state index contributed by atoms with van der Waals surface area (Å²) in [6.07, 6.45) is 0. The molecule has 0 aromatic carbocycles. The molecule has 1 heterocycles. The summed E-state index contributed by atoms with van der Waals surface area (Å²) in [4.78, 5) is 27.4. The first-order valence-electron chi connectivity index (χ1n) is 6.63. The molecule has 0 aliphatic rings. The van der Waals surface area contributed by atoms with E-state index in [1.165, 1.54) is 6.07 Å². The summed E-state index contributed by atoms with van der Waals surface area (Å²) < 4.78 is 0. The maximum Gasteiger partial charge on any atom is 0.310 e. The topological polar surface area (TPSA) is 79.3 Å². The molecule has 0 atom stereocenters. The molecule has 21 heavy (non-hydrogen) atoms. The second kappa shape index (κ2) is 6.02. The van der Waals surface area contributed by atoms with Crippen LogP contribution in [-0.2, 0) is 10.2 Å². The lowest BCUT2D eigenvalue weighted by atomic mass is 9.90. The Labute approximate surface area is 129 Å². The lowest BCUT2D eigenvalue weighted by molar-refractivity contribution is -0.146. The maximum atomic E-state index is 12.2. The van der Waals surface area contributed by atoms with Crippen molar-refractivity contribution in [3.63, 3.8) is 0 Å². The van der Waals surface area contributed by atoms with E-state index in [4.69, 9.17) is 16.7 Å². The lowest BCUT2D eigenvalue weighted by Gasteiger charge is -2.21. The number of carbonyl (C=O) groups is 2. The van der Waals surface area contributed by atoms with Crippen LogP contribution in [0.2, 0.25) is 5.15 Å². The average Bonchev–Trinajstić information content (AvgIpc) is 2.34. The Hall–Kier alpha value is -1.62. The number of nitrogens with zero attached hydrogens (tertiary/aromatic N) is 1. The molecule has 0 aliphatic carbocycles. The third kappa shape index (κ3) is 4.70. The van der Waals surface area contributed by atoms with Gasteiger partial charge in [0.1, 0.15) is 5.15 Å². The summed E-state index contributed by atoms with van der Waals surface area (Å²) in [5.74, 6) is -1.33. The first kappa shape index (κ1) is 17.4. The lowest BCUT2D eigenvalue weighted by Crippen LogP contribution is -2.39. The van der Waals surface area contributed by atoms with Crippen LogP contribution in [-0.4, -0.2) is 28.5 Å². The smallest absolute Gasteiger partial charge is 0.310 e. The minimum absolute atomic E-state index is 0.0337. The summed E-state index contributed by atoms with van der Waals surface area (Å²) >= 11 is 5.96. The van der Waals surface area contributed by atoms with Gasteiger partial charge >= 0.3 is 5.97 Å². The second-order valence-corrected chi connectivity index (χ2v) is 7.07. The van der Waals surface area contributed by atoms with E-state index in [9.17, 15) is 9.59 Å². The summed E-state index contributed by atoms with van der Waals surface area (Å²) in [6, 6.07) is 3.15. The van der Waals surface area contributed by atoms with E-state index in [-0.39, 0.29) is 23.0 Å². The number of carboxylic acid groups (broad SMARTS) is 1. The van der Waals surface area contributed by atoms with E-state index in [0.29, 0.717) is 11.3 Å². The van der Waals surface area contributed by atoms with Crippen molar-refractivity contribution in [2.45, 2.75) is 40.0 Å². The predicted molar refractivity (Wildman–Crippen MR) is 81.7 cm³/mol. The van der Waals surface area contributed by atoms with E-state index < -0.39 is 11.4 Å². The molecule has 1 rings (SSSR count). The molecule has 0 spiro atoms. The first-order chi connectivity index (χ1) is 9.43. The van der Waals surface area contributed by atoms with Crippen LogP contribution >= 0.6 is 11.6 Å². The van der Waals surface area contributed by atoms with Gasteiger partial charge in [-0.15, -0.1) is 0 Å². The third-order valence-corrected chi connectivity index (χ3v) is 3.29. The van der Waals surface area contributed by atoms with Crippen LogP contribution in [0, 0.1) is 5.41 Å².